The van der Waals surface area contributed by atoms with Gasteiger partial charge in [-0.3, -0.25) is 19.4 Å². The van der Waals surface area contributed by atoms with Crippen LogP contribution >= 0.6 is 0 Å². The molecule has 2 aromatic rings. The van der Waals surface area contributed by atoms with Crippen LogP contribution in [0, 0.1) is 0 Å². The summed E-state index contributed by atoms with van der Waals surface area (Å²) in [5.41, 5.74) is 4.00. The van der Waals surface area contributed by atoms with Crippen LogP contribution in [0.3, 0.4) is 0 Å². The van der Waals surface area contributed by atoms with E-state index in [4.69, 9.17) is 9.47 Å². The normalized spacial score (nSPS) is 16.9. The molecule has 0 N–H and O–H groups in total. The molecule has 4 rings (SSSR count). The van der Waals surface area contributed by atoms with Crippen molar-refractivity contribution in [2.75, 3.05) is 51.8 Å². The summed E-state index contributed by atoms with van der Waals surface area (Å²) < 4.78 is 10.7. The van der Waals surface area contributed by atoms with Crippen LogP contribution in [0.2, 0.25) is 0 Å². The molecule has 0 radical (unpaired) electrons. The second kappa shape index (κ2) is 9.67. The molecule has 0 saturated carbocycles. The second-order valence-corrected chi connectivity index (χ2v) is 8.48. The van der Waals surface area contributed by atoms with E-state index in [0.29, 0.717) is 22.6 Å². The number of imide groups is 1. The number of carbonyl (C=O) groups is 2. The predicted molar refractivity (Wildman–Crippen MR) is 128 cm³/mol. The smallest absolute Gasteiger partial charge is 0.263 e. The Morgan fingerprint density at radius 1 is 0.970 bits per heavy atom. The zero-order chi connectivity index (χ0) is 23.5. The van der Waals surface area contributed by atoms with Crippen molar-refractivity contribution in [2.24, 2.45) is 0 Å². The summed E-state index contributed by atoms with van der Waals surface area (Å²) in [5, 5.41) is 0. The predicted octanol–water partition coefficient (Wildman–Crippen LogP) is 3.59. The van der Waals surface area contributed by atoms with Gasteiger partial charge in [0.2, 0.25) is 0 Å². The first-order chi connectivity index (χ1) is 16.0. The third-order valence-corrected chi connectivity index (χ3v) is 6.44. The summed E-state index contributed by atoms with van der Waals surface area (Å²) in [7, 11) is 3.14. The lowest BCUT2D eigenvalue weighted by atomic mass is 10.1. The number of benzene rings is 2. The average Bonchev–Trinajstić information content (AvgIpc) is 3.09. The van der Waals surface area contributed by atoms with Crippen LogP contribution in [0.15, 0.2) is 48.0 Å². The Kier molecular flexibility index (Phi) is 6.70. The Bertz CT molecular complexity index is 1090. The molecule has 7 heteroatoms. The first-order valence-corrected chi connectivity index (χ1v) is 11.3. The lowest BCUT2D eigenvalue weighted by Gasteiger charge is -2.36. The number of nitrogens with zero attached hydrogens (tertiary/aromatic N) is 3. The SMILES string of the molecule is CC=C(C)CN1CCN(c2cccc3c2C(=O)N(Cc2ccc(OC)c(OC)c2)C3=O)CC1. The lowest BCUT2D eigenvalue weighted by molar-refractivity contribution is 0.0642. The molecule has 0 aromatic heterocycles. The van der Waals surface area contributed by atoms with Gasteiger partial charge >= 0.3 is 0 Å². The van der Waals surface area contributed by atoms with Gasteiger partial charge in [0, 0.05) is 32.7 Å². The molecule has 174 valence electrons. The number of allylic oxidation sites excluding steroid dienone is 1. The fourth-order valence-electron chi connectivity index (χ4n) is 4.48. The summed E-state index contributed by atoms with van der Waals surface area (Å²) >= 11 is 0. The molecule has 1 fully saturated rings. The van der Waals surface area contributed by atoms with E-state index in [1.807, 2.05) is 18.2 Å². The molecule has 2 aromatic carbocycles. The highest BCUT2D eigenvalue weighted by Gasteiger charge is 2.38. The van der Waals surface area contributed by atoms with Crippen molar-refractivity contribution in [3.63, 3.8) is 0 Å². The van der Waals surface area contributed by atoms with Gasteiger partial charge in [0.1, 0.15) is 0 Å². The van der Waals surface area contributed by atoms with Crippen LogP contribution < -0.4 is 14.4 Å². The van der Waals surface area contributed by atoms with Crippen molar-refractivity contribution in [1.29, 1.82) is 0 Å². The van der Waals surface area contributed by atoms with Gasteiger partial charge in [-0.1, -0.05) is 23.8 Å². The van der Waals surface area contributed by atoms with Gasteiger partial charge in [-0.2, -0.15) is 0 Å². The number of ether oxygens (including phenoxy) is 2. The number of amides is 2. The molecule has 33 heavy (non-hydrogen) atoms. The summed E-state index contributed by atoms with van der Waals surface area (Å²) in [5.74, 6) is 0.675. The zero-order valence-corrected chi connectivity index (χ0v) is 19.8. The molecule has 0 bridgehead atoms. The van der Waals surface area contributed by atoms with Gasteiger partial charge in [-0.15, -0.1) is 0 Å². The van der Waals surface area contributed by atoms with Crippen LogP contribution in [0.25, 0.3) is 0 Å². The van der Waals surface area contributed by atoms with Crippen LogP contribution in [0.4, 0.5) is 5.69 Å². The summed E-state index contributed by atoms with van der Waals surface area (Å²) in [4.78, 5) is 32.5. The minimum Gasteiger partial charge on any atom is -0.493 e. The molecule has 1 saturated heterocycles. The van der Waals surface area contributed by atoms with E-state index in [1.54, 1.807) is 32.4 Å². The standard InChI is InChI=1S/C26H31N3O4/c1-5-18(2)16-27-11-13-28(14-12-27)21-8-6-7-20-24(21)26(31)29(25(20)30)17-19-9-10-22(32-3)23(15-19)33-4/h5-10,15H,11-14,16-17H2,1-4H3. The molecule has 2 amide bonds. The fraction of sp³-hybridized carbons (Fsp3) is 0.385. The minimum absolute atomic E-state index is 0.183. The van der Waals surface area contributed by atoms with Crippen molar-refractivity contribution >= 4 is 17.5 Å². The zero-order valence-electron chi connectivity index (χ0n) is 19.8. The van der Waals surface area contributed by atoms with E-state index >= 15 is 0 Å². The van der Waals surface area contributed by atoms with E-state index < -0.39 is 0 Å². The minimum atomic E-state index is -0.256. The molecule has 0 unspecified atom stereocenters. The van der Waals surface area contributed by atoms with Crippen LogP contribution in [-0.4, -0.2) is 68.6 Å². The molecule has 2 aliphatic heterocycles. The highest BCUT2D eigenvalue weighted by Crippen LogP contribution is 2.34. The third-order valence-electron chi connectivity index (χ3n) is 6.44. The van der Waals surface area contributed by atoms with Crippen molar-refractivity contribution in [2.45, 2.75) is 20.4 Å². The largest absolute Gasteiger partial charge is 0.493 e. The number of anilines is 1. The molecular weight excluding hydrogens is 418 g/mol. The van der Waals surface area contributed by atoms with Crippen LogP contribution in [0.5, 0.6) is 11.5 Å². The van der Waals surface area contributed by atoms with Crippen molar-refractivity contribution < 1.29 is 19.1 Å². The first-order valence-electron chi connectivity index (χ1n) is 11.3. The average molecular weight is 450 g/mol. The van der Waals surface area contributed by atoms with E-state index in [-0.39, 0.29) is 18.4 Å². The number of piperazine rings is 1. The van der Waals surface area contributed by atoms with Gasteiger partial charge in [-0.05, 0) is 43.7 Å². The summed E-state index contributed by atoms with van der Waals surface area (Å²) in [6.07, 6.45) is 2.15. The Hall–Kier alpha value is -3.32. The maximum absolute atomic E-state index is 13.4. The van der Waals surface area contributed by atoms with Gasteiger partial charge in [0.25, 0.3) is 11.8 Å². The number of methoxy groups -OCH3 is 2. The van der Waals surface area contributed by atoms with E-state index in [2.05, 4.69) is 29.7 Å². The van der Waals surface area contributed by atoms with E-state index in [9.17, 15) is 9.59 Å². The Labute approximate surface area is 195 Å². The van der Waals surface area contributed by atoms with E-state index in [0.717, 1.165) is 44.0 Å². The molecule has 0 atom stereocenters. The van der Waals surface area contributed by atoms with Gasteiger partial charge in [-0.25, -0.2) is 0 Å². The monoisotopic (exact) mass is 449 g/mol. The summed E-state index contributed by atoms with van der Waals surface area (Å²) in [6, 6.07) is 11.0. The Morgan fingerprint density at radius 3 is 2.36 bits per heavy atom. The molecule has 0 spiro atoms. The van der Waals surface area contributed by atoms with Gasteiger partial charge in [0.05, 0.1) is 37.6 Å². The third kappa shape index (κ3) is 4.46. The van der Waals surface area contributed by atoms with Gasteiger partial charge in [0.15, 0.2) is 11.5 Å². The Morgan fingerprint density at radius 2 is 1.70 bits per heavy atom. The molecule has 2 heterocycles. The molecular formula is C26H31N3O4. The number of hydrogen-bond acceptors (Lipinski definition) is 6. The highest BCUT2D eigenvalue weighted by atomic mass is 16.5. The van der Waals surface area contributed by atoms with Crippen molar-refractivity contribution in [1.82, 2.24) is 9.80 Å². The first kappa shape index (κ1) is 22.9. The van der Waals surface area contributed by atoms with Gasteiger partial charge < -0.3 is 14.4 Å². The highest BCUT2D eigenvalue weighted by molar-refractivity contribution is 6.23. The second-order valence-electron chi connectivity index (χ2n) is 8.48. The number of fused-ring (bicyclic) bond motifs is 1. The maximum atomic E-state index is 13.4. The van der Waals surface area contributed by atoms with Crippen molar-refractivity contribution in [3.05, 3.63) is 64.7 Å². The van der Waals surface area contributed by atoms with E-state index in [1.165, 1.54) is 10.5 Å². The number of carbonyl (C=O) groups excluding carboxylic acids is 2. The number of hydrogen-bond donors (Lipinski definition) is 0. The number of rotatable bonds is 7. The molecule has 0 aliphatic carbocycles. The molecule has 2 aliphatic rings. The topological polar surface area (TPSA) is 62.3 Å². The quantitative estimate of drug-likeness (QED) is 0.476. The fourth-order valence-corrected chi connectivity index (χ4v) is 4.48. The van der Waals surface area contributed by atoms with Crippen LogP contribution in [-0.2, 0) is 6.54 Å². The van der Waals surface area contributed by atoms with Crippen LogP contribution in [0.1, 0.15) is 40.1 Å². The maximum Gasteiger partial charge on any atom is 0.263 e. The molecule has 7 nitrogen and oxygen atoms in total. The lowest BCUT2D eigenvalue weighted by Crippen LogP contribution is -2.47. The Balaban J connectivity index is 1.53. The van der Waals surface area contributed by atoms with Crippen molar-refractivity contribution in [3.8, 4) is 11.5 Å². The summed E-state index contributed by atoms with van der Waals surface area (Å²) in [6.45, 7) is 8.85.